The minimum absolute atomic E-state index is 0.0388. The van der Waals surface area contributed by atoms with Crippen molar-refractivity contribution in [1.29, 1.82) is 0 Å². The molecule has 3 amide bonds. The molecule has 0 aliphatic rings. The highest BCUT2D eigenvalue weighted by molar-refractivity contribution is 5.88. The van der Waals surface area contributed by atoms with Crippen LogP contribution in [-0.2, 0) is 46.5 Å². The number of hydrogen-bond acceptors (Lipinski definition) is 11. The van der Waals surface area contributed by atoms with Crippen LogP contribution in [0.15, 0.2) is 48.8 Å². The van der Waals surface area contributed by atoms with Gasteiger partial charge in [-0.25, -0.2) is 14.4 Å². The minimum atomic E-state index is -1.20. The number of urea groups is 1. The first-order valence-corrected chi connectivity index (χ1v) is 16.9. The van der Waals surface area contributed by atoms with Crippen molar-refractivity contribution < 1.29 is 38.2 Å². The molecule has 2 heterocycles. The van der Waals surface area contributed by atoms with Crippen LogP contribution >= 0.6 is 0 Å². The predicted molar refractivity (Wildman–Crippen MR) is 186 cm³/mol. The highest BCUT2D eigenvalue weighted by atomic mass is 16.6. The number of aromatic nitrogens is 2. The molecule has 50 heavy (non-hydrogen) atoms. The second-order valence-electron chi connectivity index (χ2n) is 13.9. The molecule has 0 saturated heterocycles. The molecule has 0 radical (unpaired) electrons. The molecule has 14 nitrogen and oxygen atoms in total. The Bertz CT molecular complexity index is 1320. The molecule has 0 fully saturated rings. The molecule has 2 atom stereocenters. The third kappa shape index (κ3) is 18.2. The van der Waals surface area contributed by atoms with Gasteiger partial charge in [0, 0.05) is 44.9 Å². The zero-order valence-corrected chi connectivity index (χ0v) is 30.5. The highest BCUT2D eigenvalue weighted by Crippen LogP contribution is 2.14. The Balaban J connectivity index is 1.87. The summed E-state index contributed by atoms with van der Waals surface area (Å²) in [6.07, 6.45) is 4.74. The van der Waals surface area contributed by atoms with E-state index in [2.05, 4.69) is 30.8 Å². The van der Waals surface area contributed by atoms with Crippen molar-refractivity contribution in [2.45, 2.75) is 116 Å². The molecule has 0 bridgehead atoms. The molecule has 2 rings (SSSR count). The van der Waals surface area contributed by atoms with E-state index >= 15 is 0 Å². The van der Waals surface area contributed by atoms with Crippen LogP contribution in [0.1, 0.15) is 91.5 Å². The fourth-order valence-corrected chi connectivity index (χ4v) is 4.73. The van der Waals surface area contributed by atoms with Crippen molar-refractivity contribution in [1.82, 2.24) is 30.8 Å². The van der Waals surface area contributed by atoms with E-state index in [1.807, 2.05) is 36.4 Å². The van der Waals surface area contributed by atoms with Gasteiger partial charge in [0.15, 0.2) is 0 Å². The Morgan fingerprint density at radius 2 is 1.28 bits per heavy atom. The number of methoxy groups -OCH3 is 1. The van der Waals surface area contributed by atoms with E-state index in [4.69, 9.17) is 14.2 Å². The van der Waals surface area contributed by atoms with Gasteiger partial charge < -0.3 is 30.2 Å². The first kappa shape index (κ1) is 41.6. The largest absolute Gasteiger partial charge is 0.467 e. The number of esters is 3. The molecule has 14 heteroatoms. The summed E-state index contributed by atoms with van der Waals surface area (Å²) in [5.41, 5.74) is 0.353. The number of carbonyl (C=O) groups excluding carboxylic acids is 5. The van der Waals surface area contributed by atoms with Gasteiger partial charge in [0.25, 0.3) is 0 Å². The predicted octanol–water partition coefficient (Wildman–Crippen LogP) is 3.83. The van der Waals surface area contributed by atoms with E-state index < -0.39 is 47.2 Å². The van der Waals surface area contributed by atoms with Gasteiger partial charge in [0.05, 0.1) is 18.5 Å². The lowest BCUT2D eigenvalue weighted by molar-refractivity contribution is -0.158. The van der Waals surface area contributed by atoms with E-state index in [1.165, 1.54) is 7.11 Å². The quantitative estimate of drug-likeness (QED) is 0.110. The molecule has 0 aromatic carbocycles. The average Bonchev–Trinajstić information content (AvgIpc) is 3.03. The molecular weight excluding hydrogens is 644 g/mol. The van der Waals surface area contributed by atoms with E-state index in [0.29, 0.717) is 19.6 Å². The van der Waals surface area contributed by atoms with Crippen LogP contribution in [-0.4, -0.2) is 88.2 Å². The minimum Gasteiger partial charge on any atom is -0.467 e. The summed E-state index contributed by atoms with van der Waals surface area (Å²) in [6.45, 7) is 12.7. The lowest BCUT2D eigenvalue weighted by Gasteiger charge is -2.26. The molecule has 2 aromatic rings. The van der Waals surface area contributed by atoms with Gasteiger partial charge in [-0.2, -0.15) is 0 Å². The number of rotatable bonds is 19. The number of carbonyl (C=O) groups is 5. The molecule has 0 aliphatic heterocycles. The SMILES string of the molecule is COC(=O)[C@H](CCC(=O)NCCCCN(Cc1ccccn1)Cc1ccccn1)NC(=O)N[C@@H](CCC(=O)OC(C)(C)C)C(=O)OC(C)(C)C. The number of ether oxygens (including phenoxy) is 3. The summed E-state index contributed by atoms with van der Waals surface area (Å²) in [7, 11) is 1.17. The van der Waals surface area contributed by atoms with Gasteiger partial charge in [0.1, 0.15) is 23.3 Å². The van der Waals surface area contributed by atoms with Gasteiger partial charge in [-0.1, -0.05) is 12.1 Å². The lowest BCUT2D eigenvalue weighted by atomic mass is 10.1. The second-order valence-corrected chi connectivity index (χ2v) is 13.9. The normalized spacial score (nSPS) is 12.7. The van der Waals surface area contributed by atoms with Gasteiger partial charge in [-0.3, -0.25) is 24.5 Å². The lowest BCUT2D eigenvalue weighted by Crippen LogP contribution is -2.52. The zero-order chi connectivity index (χ0) is 37.2. The van der Waals surface area contributed by atoms with Crippen LogP contribution in [0.5, 0.6) is 0 Å². The topological polar surface area (TPSA) is 178 Å². The maximum atomic E-state index is 12.9. The number of unbranched alkanes of at least 4 members (excludes halogenated alkanes) is 1. The van der Waals surface area contributed by atoms with Crippen molar-refractivity contribution in [3.8, 4) is 0 Å². The molecule has 276 valence electrons. The smallest absolute Gasteiger partial charge is 0.329 e. The number of hydrogen-bond donors (Lipinski definition) is 3. The van der Waals surface area contributed by atoms with Gasteiger partial charge in [0.2, 0.25) is 5.91 Å². The van der Waals surface area contributed by atoms with Crippen molar-refractivity contribution in [3.05, 3.63) is 60.2 Å². The van der Waals surface area contributed by atoms with Crippen molar-refractivity contribution in [2.75, 3.05) is 20.2 Å². The van der Waals surface area contributed by atoms with Gasteiger partial charge in [-0.05, 0) is 98.0 Å². The summed E-state index contributed by atoms with van der Waals surface area (Å²) >= 11 is 0. The standard InChI is InChI=1S/C36H54N6O8/c1-35(2,3)49-31(44)19-17-29(33(46)50-36(4,5)6)41-34(47)40-28(32(45)48-7)16-18-30(43)39-22-12-13-23-42(24-26-14-8-10-20-37-26)25-27-15-9-11-21-38-27/h8-11,14-15,20-21,28-29H,12-13,16-19,22-25H2,1-7H3,(H,39,43)(H2,40,41,47)/t28-,29-/m0/s1. The number of nitrogens with one attached hydrogen (secondary N) is 3. The Morgan fingerprint density at radius 1 is 0.740 bits per heavy atom. The summed E-state index contributed by atoms with van der Waals surface area (Å²) in [5, 5.41) is 7.84. The number of nitrogens with zero attached hydrogens (tertiary/aromatic N) is 3. The van der Waals surface area contributed by atoms with Crippen molar-refractivity contribution >= 4 is 29.8 Å². The van der Waals surface area contributed by atoms with E-state index in [9.17, 15) is 24.0 Å². The Morgan fingerprint density at radius 3 is 1.78 bits per heavy atom. The Hall–Kier alpha value is -4.59. The second kappa shape index (κ2) is 20.8. The number of amides is 3. The number of pyridine rings is 2. The molecular formula is C36H54N6O8. The van der Waals surface area contributed by atoms with Crippen molar-refractivity contribution in [2.24, 2.45) is 0 Å². The average molecular weight is 699 g/mol. The van der Waals surface area contributed by atoms with Gasteiger partial charge in [-0.15, -0.1) is 0 Å². The maximum absolute atomic E-state index is 12.9. The molecule has 0 saturated carbocycles. The summed E-state index contributed by atoms with van der Waals surface area (Å²) in [4.78, 5) is 74.3. The van der Waals surface area contributed by atoms with Crippen LogP contribution in [0.25, 0.3) is 0 Å². The third-order valence-electron chi connectivity index (χ3n) is 6.95. The maximum Gasteiger partial charge on any atom is 0.329 e. The fourth-order valence-electron chi connectivity index (χ4n) is 4.73. The van der Waals surface area contributed by atoms with E-state index in [-0.39, 0.29) is 31.6 Å². The van der Waals surface area contributed by atoms with Crippen LogP contribution in [0.2, 0.25) is 0 Å². The van der Waals surface area contributed by atoms with Gasteiger partial charge >= 0.3 is 23.9 Å². The Labute approximate surface area is 295 Å². The monoisotopic (exact) mass is 698 g/mol. The Kier molecular flexibility index (Phi) is 17.3. The van der Waals surface area contributed by atoms with Crippen LogP contribution in [0.4, 0.5) is 4.79 Å². The summed E-state index contributed by atoms with van der Waals surface area (Å²) in [6, 6.07) is 8.42. The van der Waals surface area contributed by atoms with Crippen molar-refractivity contribution in [3.63, 3.8) is 0 Å². The van der Waals surface area contributed by atoms with Crippen LogP contribution < -0.4 is 16.0 Å². The zero-order valence-electron chi connectivity index (χ0n) is 30.5. The highest BCUT2D eigenvalue weighted by Gasteiger charge is 2.30. The molecule has 0 spiro atoms. The van der Waals surface area contributed by atoms with Crippen LogP contribution in [0, 0.1) is 0 Å². The fraction of sp³-hybridized carbons (Fsp3) is 0.583. The molecule has 2 aromatic heterocycles. The molecule has 0 aliphatic carbocycles. The summed E-state index contributed by atoms with van der Waals surface area (Å²) < 4.78 is 15.6. The van der Waals surface area contributed by atoms with Crippen LogP contribution in [0.3, 0.4) is 0 Å². The molecule has 3 N–H and O–H groups in total. The third-order valence-corrected chi connectivity index (χ3v) is 6.95. The van der Waals surface area contributed by atoms with E-state index in [0.717, 1.165) is 30.8 Å². The van der Waals surface area contributed by atoms with E-state index in [1.54, 1.807) is 53.9 Å². The molecule has 0 unspecified atom stereocenters. The first-order valence-electron chi connectivity index (χ1n) is 16.9. The first-order chi connectivity index (χ1) is 23.5. The summed E-state index contributed by atoms with van der Waals surface area (Å²) in [5.74, 6) is -2.33.